The smallest absolute Gasteiger partial charge is 0.408 e. The van der Waals surface area contributed by atoms with Crippen LogP contribution in [0, 0.1) is 6.92 Å². The predicted molar refractivity (Wildman–Crippen MR) is 112 cm³/mol. The summed E-state index contributed by atoms with van der Waals surface area (Å²) in [6, 6.07) is 3.46. The molecule has 0 aliphatic heterocycles. The van der Waals surface area contributed by atoms with Crippen LogP contribution < -0.4 is 14.2 Å². The van der Waals surface area contributed by atoms with E-state index in [0.29, 0.717) is 39.4 Å². The number of fused-ring (bicyclic) bond motifs is 1. The molecule has 33 heavy (non-hydrogen) atoms. The molecule has 0 atom stereocenters. The first-order valence-electron chi connectivity index (χ1n) is 9.63. The van der Waals surface area contributed by atoms with E-state index in [2.05, 4.69) is 15.1 Å². The number of aromatic hydroxyl groups is 1. The quantitative estimate of drug-likeness (QED) is 0.464. The summed E-state index contributed by atoms with van der Waals surface area (Å²) >= 11 is 0. The maximum absolute atomic E-state index is 12.7. The van der Waals surface area contributed by atoms with Crippen LogP contribution in [-0.2, 0) is 6.54 Å². The minimum absolute atomic E-state index is 0.146. The molecule has 4 aromatic rings. The minimum atomic E-state index is -4.43. The van der Waals surface area contributed by atoms with Gasteiger partial charge in [-0.25, -0.2) is 14.5 Å². The van der Waals surface area contributed by atoms with Gasteiger partial charge in [0.15, 0.2) is 5.75 Å². The zero-order valence-corrected chi connectivity index (χ0v) is 18.1. The summed E-state index contributed by atoms with van der Waals surface area (Å²) in [7, 11) is 4.35. The van der Waals surface area contributed by atoms with Crippen LogP contribution in [0.4, 0.5) is 13.2 Å². The van der Waals surface area contributed by atoms with Crippen molar-refractivity contribution in [2.24, 2.45) is 0 Å². The number of halogens is 3. The second-order valence-electron chi connectivity index (χ2n) is 7.16. The van der Waals surface area contributed by atoms with E-state index in [1.54, 1.807) is 25.3 Å². The fraction of sp³-hybridized carbons (Fsp3) is 0.286. The van der Waals surface area contributed by atoms with E-state index >= 15 is 0 Å². The zero-order valence-electron chi connectivity index (χ0n) is 18.1. The average Bonchev–Trinajstić information content (AvgIpc) is 3.33. The molecule has 0 aliphatic carbocycles. The molecule has 12 heteroatoms. The van der Waals surface area contributed by atoms with Crippen molar-refractivity contribution in [2.75, 3.05) is 21.3 Å². The van der Waals surface area contributed by atoms with Gasteiger partial charge in [0.05, 0.1) is 44.3 Å². The highest BCUT2D eigenvalue weighted by Gasteiger charge is 2.29. The SMILES string of the molecule is COc1cc(-c2cc(C)c3c(O)n(-c4cnn(CC(F)(F)F)c4)c(OC)c3n2)cnc1OC. The van der Waals surface area contributed by atoms with Gasteiger partial charge < -0.3 is 19.3 Å². The molecule has 9 nitrogen and oxygen atoms in total. The van der Waals surface area contributed by atoms with Gasteiger partial charge in [0.2, 0.25) is 11.8 Å². The highest BCUT2D eigenvalue weighted by Crippen LogP contribution is 2.42. The molecule has 0 aromatic carbocycles. The number of hydrogen-bond acceptors (Lipinski definition) is 7. The second-order valence-corrected chi connectivity index (χ2v) is 7.16. The highest BCUT2D eigenvalue weighted by molar-refractivity contribution is 5.95. The van der Waals surface area contributed by atoms with E-state index in [4.69, 9.17) is 14.2 Å². The van der Waals surface area contributed by atoms with Crippen molar-refractivity contribution in [2.45, 2.75) is 19.6 Å². The van der Waals surface area contributed by atoms with Crippen LogP contribution in [-0.4, -0.2) is 56.9 Å². The summed E-state index contributed by atoms with van der Waals surface area (Å²) in [6.45, 7) is 0.517. The molecule has 0 bridgehead atoms. The Morgan fingerprint density at radius 3 is 2.45 bits per heavy atom. The molecular weight excluding hydrogens is 443 g/mol. The van der Waals surface area contributed by atoms with Crippen LogP contribution in [0.15, 0.2) is 30.7 Å². The summed E-state index contributed by atoms with van der Waals surface area (Å²) in [4.78, 5) is 8.85. The van der Waals surface area contributed by atoms with Crippen molar-refractivity contribution in [1.29, 1.82) is 0 Å². The van der Waals surface area contributed by atoms with Gasteiger partial charge in [0.1, 0.15) is 12.1 Å². The Bertz CT molecular complexity index is 1330. The van der Waals surface area contributed by atoms with Gasteiger partial charge in [0, 0.05) is 18.0 Å². The lowest BCUT2D eigenvalue weighted by Gasteiger charge is -2.09. The number of ether oxygens (including phenoxy) is 3. The monoisotopic (exact) mass is 463 g/mol. The first-order chi connectivity index (χ1) is 15.7. The topological polar surface area (TPSA) is 96.5 Å². The van der Waals surface area contributed by atoms with Crippen molar-refractivity contribution in [3.05, 3.63) is 36.3 Å². The van der Waals surface area contributed by atoms with E-state index in [0.717, 1.165) is 4.68 Å². The lowest BCUT2D eigenvalue weighted by atomic mass is 10.1. The molecule has 0 radical (unpaired) electrons. The minimum Gasteiger partial charge on any atom is -0.494 e. The Morgan fingerprint density at radius 2 is 1.82 bits per heavy atom. The van der Waals surface area contributed by atoms with E-state index in [1.807, 2.05) is 0 Å². The lowest BCUT2D eigenvalue weighted by molar-refractivity contribution is -0.142. The number of rotatable bonds is 6. The van der Waals surface area contributed by atoms with Crippen molar-refractivity contribution in [3.63, 3.8) is 0 Å². The molecule has 0 saturated carbocycles. The van der Waals surface area contributed by atoms with Gasteiger partial charge in [-0.05, 0) is 24.6 Å². The third-order valence-corrected chi connectivity index (χ3v) is 5.00. The maximum atomic E-state index is 12.7. The summed E-state index contributed by atoms with van der Waals surface area (Å²) in [5.41, 5.74) is 2.34. The molecule has 0 fully saturated rings. The van der Waals surface area contributed by atoms with Crippen LogP contribution in [0.25, 0.3) is 27.8 Å². The predicted octanol–water partition coefficient (Wildman–Crippen LogP) is 3.89. The summed E-state index contributed by atoms with van der Waals surface area (Å²) in [5, 5.41) is 15.1. The summed E-state index contributed by atoms with van der Waals surface area (Å²) in [6.07, 6.45) is -0.485. The number of aryl methyl sites for hydroxylation is 1. The molecule has 1 N–H and O–H groups in total. The Hall–Kier alpha value is -3.96. The van der Waals surface area contributed by atoms with Crippen LogP contribution in [0.2, 0.25) is 0 Å². The Balaban J connectivity index is 1.87. The van der Waals surface area contributed by atoms with Gasteiger partial charge >= 0.3 is 6.18 Å². The van der Waals surface area contributed by atoms with Gasteiger partial charge in [-0.15, -0.1) is 0 Å². The van der Waals surface area contributed by atoms with E-state index in [9.17, 15) is 18.3 Å². The standard InChI is InChI=1S/C21H20F3N5O4/c1-11-5-14(12-6-15(31-2)18(32-3)25-7-12)27-17-16(11)19(30)29(20(17)33-4)13-8-26-28(9-13)10-21(22,23)24/h5-9,30H,10H2,1-4H3. The number of pyridine rings is 2. The number of nitrogens with zero attached hydrogens (tertiary/aromatic N) is 5. The fourth-order valence-electron chi connectivity index (χ4n) is 3.61. The molecule has 0 aliphatic rings. The lowest BCUT2D eigenvalue weighted by Crippen LogP contribution is -2.17. The van der Waals surface area contributed by atoms with Crippen LogP contribution in [0.3, 0.4) is 0 Å². The fourth-order valence-corrected chi connectivity index (χ4v) is 3.61. The summed E-state index contributed by atoms with van der Waals surface area (Å²) < 4.78 is 56.2. The third-order valence-electron chi connectivity index (χ3n) is 5.00. The highest BCUT2D eigenvalue weighted by atomic mass is 19.4. The van der Waals surface area contributed by atoms with E-state index in [-0.39, 0.29) is 17.4 Å². The van der Waals surface area contributed by atoms with Gasteiger partial charge in [0.25, 0.3) is 5.88 Å². The van der Waals surface area contributed by atoms with E-state index < -0.39 is 12.7 Å². The number of alkyl halides is 3. The molecule has 0 spiro atoms. The van der Waals surface area contributed by atoms with Gasteiger partial charge in [-0.1, -0.05) is 0 Å². The Labute approximate surface area is 186 Å². The molecule has 4 aromatic heterocycles. The molecule has 0 amide bonds. The first kappa shape index (κ1) is 22.2. The normalized spacial score (nSPS) is 11.7. The Morgan fingerprint density at radius 1 is 1.06 bits per heavy atom. The molecular formula is C21H20F3N5O4. The molecule has 174 valence electrons. The van der Waals surface area contributed by atoms with Crippen LogP contribution in [0.5, 0.6) is 23.4 Å². The first-order valence-corrected chi connectivity index (χ1v) is 9.63. The van der Waals surface area contributed by atoms with Crippen molar-refractivity contribution in [1.82, 2.24) is 24.3 Å². The second kappa shape index (κ2) is 8.19. The number of methoxy groups -OCH3 is 3. The molecule has 4 rings (SSSR count). The largest absolute Gasteiger partial charge is 0.494 e. The van der Waals surface area contributed by atoms with Crippen LogP contribution >= 0.6 is 0 Å². The zero-order chi connectivity index (χ0) is 23.9. The summed E-state index contributed by atoms with van der Waals surface area (Å²) in [5.74, 6) is 0.651. The van der Waals surface area contributed by atoms with Gasteiger partial charge in [-0.2, -0.15) is 18.3 Å². The average molecular weight is 463 g/mol. The van der Waals surface area contributed by atoms with Crippen LogP contribution in [0.1, 0.15) is 5.56 Å². The van der Waals surface area contributed by atoms with E-state index in [1.165, 1.54) is 38.3 Å². The molecule has 4 heterocycles. The van der Waals surface area contributed by atoms with Crippen molar-refractivity contribution < 1.29 is 32.5 Å². The third kappa shape index (κ3) is 3.99. The molecule has 0 unspecified atom stereocenters. The van der Waals surface area contributed by atoms with Crippen molar-refractivity contribution in [3.8, 4) is 40.3 Å². The van der Waals surface area contributed by atoms with Crippen molar-refractivity contribution >= 4 is 10.9 Å². The maximum Gasteiger partial charge on any atom is 0.408 e. The van der Waals surface area contributed by atoms with Gasteiger partial charge in [-0.3, -0.25) is 4.68 Å². The Kier molecular flexibility index (Phi) is 5.52. The number of aromatic nitrogens is 5. The number of hydrogen-bond donors (Lipinski definition) is 1. The molecule has 0 saturated heterocycles.